The molecule has 9 heteroatoms. The van der Waals surface area contributed by atoms with E-state index in [0.29, 0.717) is 53.1 Å². The summed E-state index contributed by atoms with van der Waals surface area (Å²) in [4.78, 5) is 43.8. The largest absolute Gasteiger partial charge is 0.489 e. The van der Waals surface area contributed by atoms with Crippen LogP contribution in [0.15, 0.2) is 95.8 Å². The normalized spacial score (nSPS) is 11.7. The molecular weight excluding hydrogens is 642 g/mol. The summed E-state index contributed by atoms with van der Waals surface area (Å²) in [6.45, 7) is 6.70. The Hall–Kier alpha value is -5.44. The zero-order chi connectivity index (χ0) is 36.2. The number of fused-ring (bicyclic) bond motifs is 1. The van der Waals surface area contributed by atoms with Crippen molar-refractivity contribution in [2.45, 2.75) is 91.4 Å². The first-order valence-corrected chi connectivity index (χ1v) is 17.9. The molecule has 0 aliphatic heterocycles. The molecule has 1 amide bonds. The van der Waals surface area contributed by atoms with Gasteiger partial charge in [-0.2, -0.15) is 0 Å². The Bertz CT molecular complexity index is 2010. The van der Waals surface area contributed by atoms with Crippen LogP contribution in [0.4, 0.5) is 10.5 Å². The van der Waals surface area contributed by atoms with Crippen LogP contribution in [-0.4, -0.2) is 32.8 Å². The maximum absolute atomic E-state index is 14.2. The lowest BCUT2D eigenvalue weighted by Crippen LogP contribution is -2.27. The highest BCUT2D eigenvalue weighted by molar-refractivity contribution is 5.90. The van der Waals surface area contributed by atoms with Gasteiger partial charge in [-0.15, -0.1) is 0 Å². The van der Waals surface area contributed by atoms with E-state index in [0.717, 1.165) is 55.2 Å². The third-order valence-corrected chi connectivity index (χ3v) is 8.84. The molecule has 0 fully saturated rings. The van der Waals surface area contributed by atoms with E-state index >= 15 is 0 Å². The Balaban J connectivity index is 1.38. The average Bonchev–Trinajstić information content (AvgIpc) is 3.12. The smallest absolute Gasteiger partial charge is 0.411 e. The molecule has 0 bridgehead atoms. The van der Waals surface area contributed by atoms with Crippen LogP contribution in [0.3, 0.4) is 0 Å². The zero-order valence-corrected chi connectivity index (χ0v) is 29.7. The number of amides is 1. The summed E-state index contributed by atoms with van der Waals surface area (Å²) in [5.41, 5.74) is 4.68. The number of hydrogen-bond acceptors (Lipinski definition) is 6. The minimum Gasteiger partial charge on any atom is -0.489 e. The molecule has 266 valence electrons. The van der Waals surface area contributed by atoms with E-state index in [1.807, 2.05) is 42.5 Å². The summed E-state index contributed by atoms with van der Waals surface area (Å²) in [6, 6.07) is 27.9. The molecule has 51 heavy (non-hydrogen) atoms. The van der Waals surface area contributed by atoms with Gasteiger partial charge in [0.1, 0.15) is 24.3 Å². The maximum Gasteiger partial charge on any atom is 0.411 e. The molecule has 1 heterocycles. The number of ether oxygens (including phenoxy) is 2. The predicted octanol–water partition coefficient (Wildman–Crippen LogP) is 8.98. The van der Waals surface area contributed by atoms with Gasteiger partial charge in [-0.3, -0.25) is 14.7 Å². The minimum absolute atomic E-state index is 0.129. The molecule has 4 aromatic carbocycles. The van der Waals surface area contributed by atoms with Gasteiger partial charge in [0.2, 0.25) is 0 Å². The third-order valence-electron chi connectivity index (χ3n) is 8.84. The van der Waals surface area contributed by atoms with Crippen LogP contribution in [0.1, 0.15) is 91.3 Å². The summed E-state index contributed by atoms with van der Waals surface area (Å²) in [5.74, 6) is 0.401. The second kappa shape index (κ2) is 18.0. The number of carboxylic acid groups (broad SMARTS) is 1. The van der Waals surface area contributed by atoms with Crippen molar-refractivity contribution in [2.75, 3.05) is 5.32 Å². The Morgan fingerprint density at radius 3 is 2.37 bits per heavy atom. The first-order chi connectivity index (χ1) is 24.8. The van der Waals surface area contributed by atoms with Gasteiger partial charge in [0.25, 0.3) is 5.56 Å². The first-order valence-electron chi connectivity index (χ1n) is 17.9. The van der Waals surface area contributed by atoms with E-state index in [-0.39, 0.29) is 23.8 Å². The van der Waals surface area contributed by atoms with E-state index in [1.54, 1.807) is 47.0 Å². The molecule has 1 aromatic heterocycles. The van der Waals surface area contributed by atoms with E-state index in [2.05, 4.69) is 32.2 Å². The summed E-state index contributed by atoms with van der Waals surface area (Å²) in [6.07, 6.45) is 5.55. The lowest BCUT2D eigenvalue weighted by molar-refractivity contribution is 0.0693. The molecule has 0 aliphatic rings. The van der Waals surface area contributed by atoms with Crippen LogP contribution in [0, 0.1) is 0 Å². The number of carbonyl (C=O) groups is 2. The molecule has 9 nitrogen and oxygen atoms in total. The number of unbranched alkanes of at least 4 members (excludes halogenated alkanes) is 1. The lowest BCUT2D eigenvalue weighted by atomic mass is 10.0. The number of hydrogen-bond donors (Lipinski definition) is 2. The van der Waals surface area contributed by atoms with Crippen LogP contribution in [0.5, 0.6) is 5.75 Å². The number of anilines is 1. The maximum atomic E-state index is 14.2. The van der Waals surface area contributed by atoms with Gasteiger partial charge in [-0.05, 0) is 66.3 Å². The Morgan fingerprint density at radius 1 is 0.843 bits per heavy atom. The third kappa shape index (κ3) is 9.84. The molecule has 5 rings (SSSR count). The van der Waals surface area contributed by atoms with Crippen LogP contribution in [0.25, 0.3) is 10.9 Å². The Morgan fingerprint density at radius 2 is 1.63 bits per heavy atom. The fourth-order valence-electron chi connectivity index (χ4n) is 6.26. The van der Waals surface area contributed by atoms with E-state index in [9.17, 15) is 19.5 Å². The lowest BCUT2D eigenvalue weighted by Gasteiger charge is -2.18. The van der Waals surface area contributed by atoms with E-state index in [4.69, 9.17) is 14.5 Å². The summed E-state index contributed by atoms with van der Waals surface area (Å²) in [7, 11) is 0. The fourth-order valence-corrected chi connectivity index (χ4v) is 6.26. The highest BCUT2D eigenvalue weighted by atomic mass is 16.6. The number of benzene rings is 4. The Labute approximate surface area is 299 Å². The standard InChI is InChI=1S/C42H47N3O6/c1-4-7-19-39-44-37-22-21-33(43-42(49)51-34(14-6-3)25-29-15-9-8-10-16-29)26-36(37)40(46)45(39)27-30-20-23-38(31(24-30)13-5-2)50-28-32-17-11-12-18-35(32)41(47)48/h8-12,15-18,20-24,26,34H,4-7,13-14,19,25,27-28H2,1-3H3,(H,43,49)(H,47,48). The van der Waals surface area contributed by atoms with Crippen molar-refractivity contribution >= 4 is 28.7 Å². The quantitative estimate of drug-likeness (QED) is 0.100. The summed E-state index contributed by atoms with van der Waals surface area (Å²) < 4.78 is 13.7. The monoisotopic (exact) mass is 689 g/mol. The highest BCUT2D eigenvalue weighted by Gasteiger charge is 2.18. The number of aryl methyl sites for hydroxylation is 2. The van der Waals surface area contributed by atoms with Crippen LogP contribution in [-0.2, 0) is 37.2 Å². The topological polar surface area (TPSA) is 120 Å². The number of aromatic carboxylic acids is 1. The SMILES string of the molecule is CCCCc1nc2ccc(NC(=O)OC(CCC)Cc3ccccc3)cc2c(=O)n1Cc1ccc(OCc2ccccc2C(=O)O)c(CCC)c1. The summed E-state index contributed by atoms with van der Waals surface area (Å²) >= 11 is 0. The van der Waals surface area contributed by atoms with Crippen molar-refractivity contribution < 1.29 is 24.2 Å². The van der Waals surface area contributed by atoms with Gasteiger partial charge >= 0.3 is 12.1 Å². The van der Waals surface area contributed by atoms with Gasteiger partial charge < -0.3 is 14.6 Å². The van der Waals surface area contributed by atoms with Crippen molar-refractivity contribution in [1.82, 2.24) is 9.55 Å². The van der Waals surface area contributed by atoms with Crippen molar-refractivity contribution in [3.63, 3.8) is 0 Å². The zero-order valence-electron chi connectivity index (χ0n) is 29.7. The van der Waals surface area contributed by atoms with Crippen LogP contribution in [0.2, 0.25) is 0 Å². The van der Waals surface area contributed by atoms with Crippen molar-refractivity contribution in [3.8, 4) is 5.75 Å². The van der Waals surface area contributed by atoms with Gasteiger partial charge in [-0.25, -0.2) is 14.6 Å². The molecule has 5 aromatic rings. The van der Waals surface area contributed by atoms with Crippen LogP contribution >= 0.6 is 0 Å². The summed E-state index contributed by atoms with van der Waals surface area (Å²) in [5, 5.41) is 12.8. The molecule has 0 saturated carbocycles. The molecule has 0 saturated heterocycles. The Kier molecular flexibility index (Phi) is 13.0. The van der Waals surface area contributed by atoms with Gasteiger partial charge in [0, 0.05) is 24.1 Å². The van der Waals surface area contributed by atoms with Gasteiger partial charge in [0.15, 0.2) is 0 Å². The average molecular weight is 690 g/mol. The molecule has 0 aliphatic carbocycles. The van der Waals surface area contributed by atoms with Crippen molar-refractivity contribution in [3.05, 3.63) is 135 Å². The number of nitrogens with one attached hydrogen (secondary N) is 1. The molecule has 1 unspecified atom stereocenters. The number of nitrogens with zero attached hydrogens (tertiary/aromatic N) is 2. The molecule has 2 N–H and O–H groups in total. The first kappa shape index (κ1) is 36.8. The number of rotatable bonds is 17. The number of carboxylic acids is 1. The predicted molar refractivity (Wildman–Crippen MR) is 201 cm³/mol. The number of carbonyl (C=O) groups excluding carboxylic acids is 1. The minimum atomic E-state index is -0.992. The second-order valence-electron chi connectivity index (χ2n) is 12.8. The molecular formula is C42H47N3O6. The highest BCUT2D eigenvalue weighted by Crippen LogP contribution is 2.25. The van der Waals surface area contributed by atoms with Gasteiger partial charge in [0.05, 0.1) is 23.0 Å². The van der Waals surface area contributed by atoms with Crippen molar-refractivity contribution in [1.29, 1.82) is 0 Å². The molecule has 0 radical (unpaired) electrons. The van der Waals surface area contributed by atoms with Crippen molar-refractivity contribution in [2.24, 2.45) is 0 Å². The van der Waals surface area contributed by atoms with Gasteiger partial charge in [-0.1, -0.05) is 101 Å². The molecule has 0 spiro atoms. The van der Waals surface area contributed by atoms with E-state index in [1.165, 1.54) is 0 Å². The number of aromatic nitrogens is 2. The van der Waals surface area contributed by atoms with E-state index < -0.39 is 12.1 Å². The second-order valence-corrected chi connectivity index (χ2v) is 12.8. The van der Waals surface area contributed by atoms with Crippen LogP contribution < -0.4 is 15.6 Å². The molecule has 1 atom stereocenters. The fraction of sp³-hybridized carbons (Fsp3) is 0.333.